The molecule has 1 amide bonds. The molecule has 4 rings (SSSR count). The van der Waals surface area contributed by atoms with E-state index >= 15 is 0 Å². The lowest BCUT2D eigenvalue weighted by Crippen LogP contribution is -2.43. The highest BCUT2D eigenvalue weighted by Gasteiger charge is 2.29. The van der Waals surface area contributed by atoms with E-state index in [1.165, 1.54) is 0 Å². The van der Waals surface area contributed by atoms with Crippen molar-refractivity contribution in [3.05, 3.63) is 41.7 Å². The van der Waals surface area contributed by atoms with Crippen LogP contribution in [-0.2, 0) is 9.53 Å². The molecule has 1 saturated heterocycles. The van der Waals surface area contributed by atoms with Crippen LogP contribution in [0.25, 0.3) is 16.6 Å². The molecule has 0 radical (unpaired) electrons. The molecule has 8 heteroatoms. The molecule has 0 bridgehead atoms. The molecule has 3 aromatic rings. The van der Waals surface area contributed by atoms with Crippen molar-refractivity contribution < 1.29 is 9.53 Å². The summed E-state index contributed by atoms with van der Waals surface area (Å²) in [4.78, 5) is 14.8. The average molecular weight is 423 g/mol. The van der Waals surface area contributed by atoms with Crippen molar-refractivity contribution in [1.82, 2.24) is 25.3 Å². The number of nitrogens with one attached hydrogen (secondary N) is 1. The van der Waals surface area contributed by atoms with Gasteiger partial charge in [0, 0.05) is 33.4 Å². The Labute approximate surface area is 182 Å². The predicted molar refractivity (Wildman–Crippen MR) is 121 cm³/mol. The number of nitrogens with zero attached hydrogens (tertiary/aromatic N) is 5. The quantitative estimate of drug-likeness (QED) is 0.590. The summed E-state index contributed by atoms with van der Waals surface area (Å²) < 4.78 is 7.01. The number of amides is 1. The lowest BCUT2D eigenvalue weighted by Gasteiger charge is -2.32. The monoisotopic (exact) mass is 422 g/mol. The Morgan fingerprint density at radius 2 is 2.03 bits per heavy atom. The van der Waals surface area contributed by atoms with E-state index in [1.807, 2.05) is 41.9 Å². The summed E-state index contributed by atoms with van der Waals surface area (Å²) in [5, 5.41) is 17.9. The van der Waals surface area contributed by atoms with Crippen LogP contribution in [0.2, 0.25) is 0 Å². The fraction of sp³-hybridized carbons (Fsp3) is 0.478. The van der Waals surface area contributed by atoms with Gasteiger partial charge in [0.15, 0.2) is 5.82 Å². The van der Waals surface area contributed by atoms with Crippen molar-refractivity contribution in [2.75, 3.05) is 38.3 Å². The first kappa shape index (κ1) is 21.2. The van der Waals surface area contributed by atoms with Crippen LogP contribution >= 0.6 is 0 Å². The minimum atomic E-state index is -0.0632. The number of hydrogen-bond acceptors (Lipinski definition) is 6. The summed E-state index contributed by atoms with van der Waals surface area (Å²) in [7, 11) is 1.67. The summed E-state index contributed by atoms with van der Waals surface area (Å²) in [6.45, 7) is 6.79. The summed E-state index contributed by atoms with van der Waals surface area (Å²) in [5.74, 6) is 0.796. The molecule has 0 spiro atoms. The topological polar surface area (TPSA) is 85.2 Å². The largest absolute Gasteiger partial charge is 0.385 e. The number of rotatable bonds is 7. The maximum atomic E-state index is 12.7. The van der Waals surface area contributed by atoms with E-state index in [9.17, 15) is 4.79 Å². The summed E-state index contributed by atoms with van der Waals surface area (Å²) in [6, 6.07) is 10.1. The van der Waals surface area contributed by atoms with Crippen LogP contribution in [0.1, 0.15) is 30.7 Å². The fourth-order valence-electron chi connectivity index (χ4n) is 4.30. The molecule has 1 aliphatic rings. The van der Waals surface area contributed by atoms with Crippen LogP contribution in [-0.4, -0.2) is 59.2 Å². The molecule has 31 heavy (non-hydrogen) atoms. The SMILES string of the molecule is COCCCNC(=O)[C@H]1CCCN(c2nnc(C)c3c(C)n(-c4ccccc4)nc23)C1. The minimum absolute atomic E-state index is 0.0632. The molecular formula is C23H30N6O2. The van der Waals surface area contributed by atoms with Gasteiger partial charge < -0.3 is 15.0 Å². The number of anilines is 1. The van der Waals surface area contributed by atoms with Crippen LogP contribution < -0.4 is 10.2 Å². The molecule has 1 aliphatic heterocycles. The molecule has 0 unspecified atom stereocenters. The second kappa shape index (κ2) is 9.43. The Bertz CT molecular complexity index is 1050. The third kappa shape index (κ3) is 4.39. The molecule has 1 atom stereocenters. The number of carbonyl (C=O) groups is 1. The molecule has 2 aromatic heterocycles. The van der Waals surface area contributed by atoms with Gasteiger partial charge in [0.1, 0.15) is 5.52 Å². The van der Waals surface area contributed by atoms with Gasteiger partial charge in [-0.3, -0.25) is 4.79 Å². The molecule has 164 valence electrons. The average Bonchev–Trinajstić information content (AvgIpc) is 3.15. The van der Waals surface area contributed by atoms with Gasteiger partial charge in [-0.15, -0.1) is 5.10 Å². The smallest absolute Gasteiger partial charge is 0.224 e. The molecular weight excluding hydrogens is 392 g/mol. The van der Waals surface area contributed by atoms with Gasteiger partial charge in [-0.25, -0.2) is 4.68 Å². The van der Waals surface area contributed by atoms with Crippen molar-refractivity contribution in [3.8, 4) is 5.69 Å². The van der Waals surface area contributed by atoms with E-state index in [2.05, 4.69) is 27.3 Å². The zero-order valence-corrected chi connectivity index (χ0v) is 18.5. The highest BCUT2D eigenvalue weighted by molar-refractivity contribution is 5.92. The highest BCUT2D eigenvalue weighted by Crippen LogP contribution is 2.31. The lowest BCUT2D eigenvalue weighted by atomic mass is 9.97. The normalized spacial score (nSPS) is 16.6. The van der Waals surface area contributed by atoms with Crippen LogP contribution in [0.4, 0.5) is 5.82 Å². The predicted octanol–water partition coefficient (Wildman–Crippen LogP) is 2.80. The van der Waals surface area contributed by atoms with Crippen LogP contribution in [0, 0.1) is 19.8 Å². The zero-order valence-electron chi connectivity index (χ0n) is 18.5. The first-order chi connectivity index (χ1) is 15.1. The van der Waals surface area contributed by atoms with Gasteiger partial charge in [0.05, 0.1) is 28.4 Å². The highest BCUT2D eigenvalue weighted by atomic mass is 16.5. The minimum Gasteiger partial charge on any atom is -0.385 e. The van der Waals surface area contributed by atoms with E-state index in [0.717, 1.165) is 59.6 Å². The van der Waals surface area contributed by atoms with E-state index in [1.54, 1.807) is 7.11 Å². The van der Waals surface area contributed by atoms with E-state index in [4.69, 9.17) is 9.84 Å². The Kier molecular flexibility index (Phi) is 6.46. The van der Waals surface area contributed by atoms with Gasteiger partial charge in [-0.05, 0) is 45.2 Å². The Balaban J connectivity index is 1.60. The second-order valence-electron chi connectivity index (χ2n) is 8.09. The van der Waals surface area contributed by atoms with Crippen molar-refractivity contribution in [2.24, 2.45) is 5.92 Å². The van der Waals surface area contributed by atoms with E-state index < -0.39 is 0 Å². The number of ether oxygens (including phenoxy) is 1. The fourth-order valence-corrected chi connectivity index (χ4v) is 4.30. The number of carbonyl (C=O) groups excluding carboxylic acids is 1. The third-order valence-corrected chi connectivity index (χ3v) is 5.90. The molecule has 1 N–H and O–H groups in total. The number of para-hydroxylation sites is 1. The third-order valence-electron chi connectivity index (χ3n) is 5.90. The van der Waals surface area contributed by atoms with Gasteiger partial charge in [-0.1, -0.05) is 18.2 Å². The zero-order chi connectivity index (χ0) is 21.8. The number of piperidine rings is 1. The number of methoxy groups -OCH3 is 1. The van der Waals surface area contributed by atoms with Gasteiger partial charge in [-0.2, -0.15) is 10.2 Å². The molecule has 8 nitrogen and oxygen atoms in total. The van der Waals surface area contributed by atoms with Crippen molar-refractivity contribution >= 4 is 22.6 Å². The van der Waals surface area contributed by atoms with E-state index in [-0.39, 0.29) is 11.8 Å². The lowest BCUT2D eigenvalue weighted by molar-refractivity contribution is -0.125. The second-order valence-corrected chi connectivity index (χ2v) is 8.09. The van der Waals surface area contributed by atoms with Crippen molar-refractivity contribution in [1.29, 1.82) is 0 Å². The maximum Gasteiger partial charge on any atom is 0.224 e. The Morgan fingerprint density at radius 3 is 2.81 bits per heavy atom. The number of benzene rings is 1. The van der Waals surface area contributed by atoms with E-state index in [0.29, 0.717) is 19.7 Å². The molecule has 1 aromatic carbocycles. The standard InChI is InChI=1S/C23H30N6O2/c1-16-20-17(2)29(19-10-5-4-6-11-19)27-21(20)22(26-25-16)28-13-7-9-18(15-28)23(30)24-12-8-14-31-3/h4-6,10-11,18H,7-9,12-15H2,1-3H3,(H,24,30)/t18-/m0/s1. The molecule has 1 fully saturated rings. The Morgan fingerprint density at radius 1 is 1.23 bits per heavy atom. The summed E-state index contributed by atoms with van der Waals surface area (Å²) >= 11 is 0. The summed E-state index contributed by atoms with van der Waals surface area (Å²) in [6.07, 6.45) is 2.64. The maximum absolute atomic E-state index is 12.7. The first-order valence-corrected chi connectivity index (χ1v) is 10.9. The molecule has 0 aliphatic carbocycles. The molecule has 3 heterocycles. The van der Waals surface area contributed by atoms with Gasteiger partial charge in [0.25, 0.3) is 0 Å². The Hall–Kier alpha value is -3.00. The van der Waals surface area contributed by atoms with Crippen LogP contribution in [0.3, 0.4) is 0 Å². The van der Waals surface area contributed by atoms with Gasteiger partial charge in [0.2, 0.25) is 5.91 Å². The summed E-state index contributed by atoms with van der Waals surface area (Å²) in [5.41, 5.74) is 3.76. The number of aromatic nitrogens is 4. The first-order valence-electron chi connectivity index (χ1n) is 10.9. The number of aryl methyl sites for hydroxylation is 2. The van der Waals surface area contributed by atoms with Gasteiger partial charge >= 0.3 is 0 Å². The van der Waals surface area contributed by atoms with Crippen molar-refractivity contribution in [3.63, 3.8) is 0 Å². The number of fused-ring (bicyclic) bond motifs is 1. The van der Waals surface area contributed by atoms with Crippen LogP contribution in [0.15, 0.2) is 30.3 Å². The molecule has 0 saturated carbocycles. The van der Waals surface area contributed by atoms with Crippen LogP contribution in [0.5, 0.6) is 0 Å². The number of hydrogen-bond donors (Lipinski definition) is 1. The van der Waals surface area contributed by atoms with Crippen molar-refractivity contribution in [2.45, 2.75) is 33.1 Å².